The van der Waals surface area contributed by atoms with E-state index < -0.39 is 11.4 Å². The van der Waals surface area contributed by atoms with Crippen molar-refractivity contribution in [3.8, 4) is 0 Å². The van der Waals surface area contributed by atoms with Gasteiger partial charge < -0.3 is 10.4 Å². The normalized spacial score (nSPS) is 23.1. The van der Waals surface area contributed by atoms with E-state index >= 15 is 0 Å². The third-order valence-corrected chi connectivity index (χ3v) is 5.41. The number of rotatable bonds is 7. The fourth-order valence-electron chi connectivity index (χ4n) is 3.75. The molecule has 0 unspecified atom stereocenters. The molecule has 2 N–H and O–H groups in total. The van der Waals surface area contributed by atoms with Crippen LogP contribution in [0.4, 0.5) is 0 Å². The van der Waals surface area contributed by atoms with E-state index in [0.29, 0.717) is 18.3 Å². The molecule has 0 saturated heterocycles. The van der Waals surface area contributed by atoms with Gasteiger partial charge >= 0.3 is 5.97 Å². The van der Waals surface area contributed by atoms with E-state index in [2.05, 4.69) is 12.2 Å². The Kier molecular flexibility index (Phi) is 5.28. The molecule has 0 aliphatic heterocycles. The average Bonchev–Trinajstić information content (AvgIpc) is 3.22. The third kappa shape index (κ3) is 4.21. The molecule has 21 heavy (non-hydrogen) atoms. The molecule has 0 aromatic rings. The minimum Gasteiger partial charge on any atom is -0.481 e. The summed E-state index contributed by atoms with van der Waals surface area (Å²) in [4.78, 5) is 23.9. The molecule has 2 aliphatic carbocycles. The Balaban J connectivity index is 1.88. The maximum absolute atomic E-state index is 12.2. The summed E-state index contributed by atoms with van der Waals surface area (Å²) in [5.41, 5.74) is -0.494. The molecule has 0 aromatic heterocycles. The van der Waals surface area contributed by atoms with Crippen LogP contribution in [0.3, 0.4) is 0 Å². The van der Waals surface area contributed by atoms with Crippen LogP contribution in [0.5, 0.6) is 0 Å². The quantitative estimate of drug-likeness (QED) is 0.706. The van der Waals surface area contributed by atoms with Gasteiger partial charge in [-0.25, -0.2) is 0 Å². The van der Waals surface area contributed by atoms with E-state index in [9.17, 15) is 14.7 Å². The van der Waals surface area contributed by atoms with Crippen LogP contribution in [0, 0.1) is 10.8 Å². The first-order valence-electron chi connectivity index (χ1n) is 8.52. The SMILES string of the molecule is CCCC1(CNC(=O)CC2(C(=O)O)CCCCCC2)CC1. The van der Waals surface area contributed by atoms with Crippen molar-refractivity contribution in [2.75, 3.05) is 6.54 Å². The number of carbonyl (C=O) groups is 2. The molecular formula is C17H29NO3. The molecule has 2 rings (SSSR count). The second-order valence-corrected chi connectivity index (χ2v) is 7.20. The molecule has 2 aliphatic rings. The summed E-state index contributed by atoms with van der Waals surface area (Å²) in [6, 6.07) is 0. The summed E-state index contributed by atoms with van der Waals surface area (Å²) in [6.45, 7) is 2.90. The Morgan fingerprint density at radius 2 is 1.67 bits per heavy atom. The van der Waals surface area contributed by atoms with Crippen LogP contribution in [-0.4, -0.2) is 23.5 Å². The average molecular weight is 295 g/mol. The largest absolute Gasteiger partial charge is 0.481 e. The van der Waals surface area contributed by atoms with E-state index in [-0.39, 0.29) is 12.3 Å². The summed E-state index contributed by atoms with van der Waals surface area (Å²) >= 11 is 0. The van der Waals surface area contributed by atoms with Crippen molar-refractivity contribution in [3.63, 3.8) is 0 Å². The van der Waals surface area contributed by atoms with Crippen molar-refractivity contribution < 1.29 is 14.7 Å². The van der Waals surface area contributed by atoms with Crippen molar-refractivity contribution in [1.29, 1.82) is 0 Å². The summed E-state index contributed by atoms with van der Waals surface area (Å²) in [6.07, 6.45) is 10.2. The number of amides is 1. The van der Waals surface area contributed by atoms with Gasteiger partial charge in [-0.15, -0.1) is 0 Å². The highest BCUT2D eigenvalue weighted by atomic mass is 16.4. The van der Waals surface area contributed by atoms with Gasteiger partial charge in [0.05, 0.1) is 5.41 Å². The molecule has 0 spiro atoms. The highest BCUT2D eigenvalue weighted by molar-refractivity contribution is 5.85. The lowest BCUT2D eigenvalue weighted by atomic mass is 9.77. The van der Waals surface area contributed by atoms with E-state index in [1.54, 1.807) is 0 Å². The van der Waals surface area contributed by atoms with Crippen LogP contribution in [0.25, 0.3) is 0 Å². The lowest BCUT2D eigenvalue weighted by molar-refractivity contribution is -0.152. The molecule has 1 amide bonds. The van der Waals surface area contributed by atoms with Gasteiger partial charge in [0.15, 0.2) is 0 Å². The molecule has 4 nitrogen and oxygen atoms in total. The maximum Gasteiger partial charge on any atom is 0.310 e. The van der Waals surface area contributed by atoms with Crippen LogP contribution in [0.2, 0.25) is 0 Å². The third-order valence-electron chi connectivity index (χ3n) is 5.41. The van der Waals surface area contributed by atoms with E-state index in [1.165, 1.54) is 12.8 Å². The lowest BCUT2D eigenvalue weighted by Gasteiger charge is -2.27. The fraction of sp³-hybridized carbons (Fsp3) is 0.882. The predicted molar refractivity (Wildman–Crippen MR) is 82.0 cm³/mol. The Hall–Kier alpha value is -1.06. The maximum atomic E-state index is 12.2. The minimum atomic E-state index is -0.817. The number of aliphatic carboxylic acids is 1. The second kappa shape index (κ2) is 6.80. The Morgan fingerprint density at radius 3 is 2.14 bits per heavy atom. The topological polar surface area (TPSA) is 66.4 Å². The van der Waals surface area contributed by atoms with E-state index in [4.69, 9.17) is 0 Å². The summed E-state index contributed by atoms with van der Waals surface area (Å²) in [5.74, 6) is -0.851. The first-order valence-corrected chi connectivity index (χ1v) is 8.52. The predicted octanol–water partition coefficient (Wildman–Crippen LogP) is 3.50. The van der Waals surface area contributed by atoms with Gasteiger partial charge in [0.2, 0.25) is 5.91 Å². The lowest BCUT2D eigenvalue weighted by Crippen LogP contribution is -2.39. The number of carbonyl (C=O) groups excluding carboxylic acids is 1. The fourth-order valence-corrected chi connectivity index (χ4v) is 3.75. The molecule has 0 heterocycles. The van der Waals surface area contributed by atoms with Gasteiger partial charge in [-0.3, -0.25) is 9.59 Å². The van der Waals surface area contributed by atoms with Crippen molar-refractivity contribution in [3.05, 3.63) is 0 Å². The molecule has 2 saturated carbocycles. The zero-order chi connectivity index (χ0) is 15.3. The standard InChI is InChI=1S/C17H29NO3/c1-2-7-16(10-11-16)13-18-14(19)12-17(15(20)21)8-5-3-4-6-9-17/h2-13H2,1H3,(H,18,19)(H,20,21). The van der Waals surface area contributed by atoms with Crippen LogP contribution < -0.4 is 5.32 Å². The summed E-state index contributed by atoms with van der Waals surface area (Å²) in [7, 11) is 0. The zero-order valence-corrected chi connectivity index (χ0v) is 13.2. The first kappa shape index (κ1) is 16.3. The van der Waals surface area contributed by atoms with Gasteiger partial charge in [0.25, 0.3) is 0 Å². The molecular weight excluding hydrogens is 266 g/mol. The van der Waals surface area contributed by atoms with Crippen LogP contribution >= 0.6 is 0 Å². The number of nitrogens with one attached hydrogen (secondary N) is 1. The van der Waals surface area contributed by atoms with Crippen LogP contribution in [-0.2, 0) is 9.59 Å². The molecule has 4 heteroatoms. The Bertz CT molecular complexity index is 379. The van der Waals surface area contributed by atoms with Gasteiger partial charge in [-0.2, -0.15) is 0 Å². The molecule has 0 atom stereocenters. The molecule has 2 fully saturated rings. The van der Waals surface area contributed by atoms with Crippen LogP contribution in [0.1, 0.15) is 77.6 Å². The number of carboxylic acid groups (broad SMARTS) is 1. The van der Waals surface area contributed by atoms with Crippen LogP contribution in [0.15, 0.2) is 0 Å². The van der Waals surface area contributed by atoms with Crippen molar-refractivity contribution in [2.24, 2.45) is 10.8 Å². The first-order chi connectivity index (χ1) is 10.0. The molecule has 0 aromatic carbocycles. The van der Waals surface area contributed by atoms with Crippen molar-refractivity contribution >= 4 is 11.9 Å². The van der Waals surface area contributed by atoms with Gasteiger partial charge in [-0.05, 0) is 37.5 Å². The summed E-state index contributed by atoms with van der Waals surface area (Å²) in [5, 5.41) is 12.6. The second-order valence-electron chi connectivity index (χ2n) is 7.20. The van der Waals surface area contributed by atoms with E-state index in [0.717, 1.165) is 45.1 Å². The molecule has 0 radical (unpaired) electrons. The van der Waals surface area contributed by atoms with E-state index in [1.807, 2.05) is 0 Å². The van der Waals surface area contributed by atoms with Crippen molar-refractivity contribution in [2.45, 2.75) is 77.6 Å². The molecule has 0 bridgehead atoms. The minimum absolute atomic E-state index is 0.0679. The monoisotopic (exact) mass is 295 g/mol. The zero-order valence-electron chi connectivity index (χ0n) is 13.2. The smallest absolute Gasteiger partial charge is 0.310 e. The summed E-state index contributed by atoms with van der Waals surface area (Å²) < 4.78 is 0. The van der Waals surface area contributed by atoms with Gasteiger partial charge in [-0.1, -0.05) is 39.0 Å². The highest BCUT2D eigenvalue weighted by Gasteiger charge is 2.43. The highest BCUT2D eigenvalue weighted by Crippen LogP contribution is 2.49. The van der Waals surface area contributed by atoms with Gasteiger partial charge in [0, 0.05) is 13.0 Å². The Morgan fingerprint density at radius 1 is 1.05 bits per heavy atom. The number of hydrogen-bond donors (Lipinski definition) is 2. The van der Waals surface area contributed by atoms with Gasteiger partial charge in [0.1, 0.15) is 0 Å². The Labute approximate surface area is 127 Å². The number of carboxylic acids is 1. The number of hydrogen-bond acceptors (Lipinski definition) is 2. The molecule has 120 valence electrons. The van der Waals surface area contributed by atoms with Crippen molar-refractivity contribution in [1.82, 2.24) is 5.32 Å².